The number of ether oxygens (including phenoxy) is 1. The number of nitrogens with one attached hydrogen (secondary N) is 1. The van der Waals surface area contributed by atoms with Crippen LogP contribution in [0, 0.1) is 46.3 Å². The Labute approximate surface area is 180 Å². The summed E-state index contributed by atoms with van der Waals surface area (Å²) in [5.74, 6) is 5.77. The molecule has 4 saturated carbocycles. The number of fused-ring (bicyclic) bond motifs is 5. The van der Waals surface area contributed by atoms with Crippen molar-refractivity contribution < 1.29 is 4.74 Å². The van der Waals surface area contributed by atoms with Gasteiger partial charge in [0.1, 0.15) is 0 Å². The van der Waals surface area contributed by atoms with Crippen LogP contribution in [0.4, 0.5) is 0 Å². The molecule has 29 heavy (non-hydrogen) atoms. The molecule has 4 aliphatic rings. The molecule has 4 rings (SSSR count). The van der Waals surface area contributed by atoms with Gasteiger partial charge >= 0.3 is 0 Å². The van der Waals surface area contributed by atoms with E-state index in [4.69, 9.17) is 4.74 Å². The van der Waals surface area contributed by atoms with Crippen molar-refractivity contribution in [2.75, 3.05) is 20.3 Å². The van der Waals surface area contributed by atoms with E-state index in [-0.39, 0.29) is 0 Å². The molecule has 0 radical (unpaired) electrons. The summed E-state index contributed by atoms with van der Waals surface area (Å²) < 4.78 is 5.97. The van der Waals surface area contributed by atoms with Crippen LogP contribution in [0.2, 0.25) is 0 Å². The van der Waals surface area contributed by atoms with E-state index in [2.05, 4.69) is 46.1 Å². The molecule has 0 saturated heterocycles. The lowest BCUT2D eigenvalue weighted by Gasteiger charge is -2.58. The largest absolute Gasteiger partial charge is 0.391 e. The third-order valence-corrected chi connectivity index (χ3v) is 10.6. The monoisotopic (exact) mass is 401 g/mol. The van der Waals surface area contributed by atoms with Gasteiger partial charge in [-0.2, -0.15) is 0 Å². The highest BCUT2D eigenvalue weighted by Gasteiger charge is 2.58. The van der Waals surface area contributed by atoms with Crippen LogP contribution in [0.25, 0.3) is 0 Å². The number of hydrogen-bond acceptors (Lipinski definition) is 2. The lowest BCUT2D eigenvalue weighted by molar-refractivity contribution is -0.0910. The van der Waals surface area contributed by atoms with Crippen LogP contribution >= 0.6 is 0 Å². The Kier molecular flexibility index (Phi) is 6.41. The Balaban J connectivity index is 1.48. The van der Waals surface area contributed by atoms with E-state index in [1.165, 1.54) is 69.9 Å². The maximum atomic E-state index is 5.97. The summed E-state index contributed by atoms with van der Waals surface area (Å²) in [6.07, 6.45) is 16.9. The lowest BCUT2D eigenvalue weighted by Crippen LogP contribution is -2.50. The molecule has 7 unspecified atom stereocenters. The normalized spacial score (nSPS) is 47.3. The fourth-order valence-electron chi connectivity index (χ4n) is 8.97. The first kappa shape index (κ1) is 21.7. The fourth-order valence-corrected chi connectivity index (χ4v) is 8.97. The predicted molar refractivity (Wildman–Crippen MR) is 123 cm³/mol. The second-order valence-electron chi connectivity index (χ2n) is 11.3. The molecule has 2 heteroatoms. The van der Waals surface area contributed by atoms with Crippen molar-refractivity contribution in [1.82, 2.24) is 5.32 Å². The van der Waals surface area contributed by atoms with Crippen LogP contribution in [0.1, 0.15) is 91.9 Å². The molecule has 2 nitrogen and oxygen atoms in total. The molecule has 0 aliphatic heterocycles. The molecule has 8 atom stereocenters. The fraction of sp³-hybridized carbons (Fsp3) is 0.926. The SMILES string of the molecule is C/C=C(/NC)C1CCC2C3CCC4C[C@@](CC)(COCC)CCC4C3CCC12C. The Morgan fingerprint density at radius 2 is 1.79 bits per heavy atom. The molecule has 4 aliphatic carbocycles. The second kappa shape index (κ2) is 8.56. The number of rotatable bonds is 6. The molecule has 166 valence electrons. The Bertz CT molecular complexity index is 599. The zero-order chi connectivity index (χ0) is 20.6. The van der Waals surface area contributed by atoms with Crippen LogP contribution in [-0.4, -0.2) is 20.3 Å². The van der Waals surface area contributed by atoms with E-state index in [0.29, 0.717) is 10.8 Å². The predicted octanol–water partition coefficient (Wildman–Crippen LogP) is 6.81. The lowest BCUT2D eigenvalue weighted by atomic mass is 9.48. The van der Waals surface area contributed by atoms with E-state index < -0.39 is 0 Å². The zero-order valence-corrected chi connectivity index (χ0v) is 19.9. The van der Waals surface area contributed by atoms with Gasteiger partial charge in [0.05, 0.1) is 6.61 Å². The minimum Gasteiger partial charge on any atom is -0.391 e. The van der Waals surface area contributed by atoms with E-state index in [0.717, 1.165) is 48.7 Å². The Morgan fingerprint density at radius 1 is 1.00 bits per heavy atom. The minimum atomic E-state index is 0.485. The smallest absolute Gasteiger partial charge is 0.0522 e. The topological polar surface area (TPSA) is 21.3 Å². The van der Waals surface area contributed by atoms with Crippen LogP contribution in [0.15, 0.2) is 11.8 Å². The van der Waals surface area contributed by atoms with E-state index in [1.807, 2.05) is 0 Å². The van der Waals surface area contributed by atoms with E-state index in [1.54, 1.807) is 0 Å². The first-order chi connectivity index (χ1) is 14.0. The van der Waals surface area contributed by atoms with Crippen LogP contribution in [-0.2, 0) is 4.74 Å². The minimum absolute atomic E-state index is 0.485. The molecule has 0 heterocycles. The summed E-state index contributed by atoms with van der Waals surface area (Å²) in [5.41, 5.74) is 2.54. The van der Waals surface area contributed by atoms with Crippen molar-refractivity contribution in [3.63, 3.8) is 0 Å². The Morgan fingerprint density at radius 3 is 2.48 bits per heavy atom. The zero-order valence-electron chi connectivity index (χ0n) is 19.9. The first-order valence-corrected chi connectivity index (χ1v) is 12.9. The molecule has 0 bridgehead atoms. The molecule has 0 aromatic heterocycles. The van der Waals surface area contributed by atoms with Crippen LogP contribution in [0.3, 0.4) is 0 Å². The molecular formula is C27H47NO. The number of hydrogen-bond donors (Lipinski definition) is 1. The average Bonchev–Trinajstić information content (AvgIpc) is 3.10. The summed E-state index contributed by atoms with van der Waals surface area (Å²) in [5, 5.41) is 3.55. The van der Waals surface area contributed by atoms with E-state index >= 15 is 0 Å². The standard InChI is InChI=1S/C27H47NO/c1-6-25(28-5)24-12-11-23-22-10-9-19-17-27(7-2,18-29-8-3)16-14-20(19)21(22)13-15-26(23,24)4/h6,19-24,28H,7-18H2,1-5H3/b25-6+/t19?,20?,21?,22?,23?,24?,26?,27-/m0/s1. The van der Waals surface area contributed by atoms with Crippen molar-refractivity contribution >= 4 is 0 Å². The van der Waals surface area contributed by atoms with Gasteiger partial charge in [-0.05, 0) is 118 Å². The van der Waals surface area contributed by atoms with Gasteiger partial charge in [-0.3, -0.25) is 0 Å². The molecule has 0 aromatic carbocycles. The van der Waals surface area contributed by atoms with Crippen molar-refractivity contribution in [2.24, 2.45) is 46.3 Å². The van der Waals surface area contributed by atoms with E-state index in [9.17, 15) is 0 Å². The van der Waals surface area contributed by atoms with Gasteiger partial charge in [-0.1, -0.05) is 19.9 Å². The van der Waals surface area contributed by atoms with Crippen molar-refractivity contribution in [3.8, 4) is 0 Å². The number of allylic oxidation sites excluding steroid dienone is 2. The molecule has 0 spiro atoms. The van der Waals surface area contributed by atoms with Gasteiger partial charge in [-0.25, -0.2) is 0 Å². The maximum absolute atomic E-state index is 5.97. The molecular weight excluding hydrogens is 354 g/mol. The van der Waals surface area contributed by atoms with Crippen molar-refractivity contribution in [2.45, 2.75) is 91.9 Å². The van der Waals surface area contributed by atoms with Crippen molar-refractivity contribution in [1.29, 1.82) is 0 Å². The molecule has 4 fully saturated rings. The second-order valence-corrected chi connectivity index (χ2v) is 11.3. The first-order valence-electron chi connectivity index (χ1n) is 12.9. The Hall–Kier alpha value is -0.500. The van der Waals surface area contributed by atoms with Gasteiger partial charge in [-0.15, -0.1) is 0 Å². The molecule has 0 aromatic rings. The third kappa shape index (κ3) is 3.60. The average molecular weight is 402 g/mol. The van der Waals surface area contributed by atoms with Gasteiger partial charge in [0, 0.05) is 25.3 Å². The third-order valence-electron chi connectivity index (χ3n) is 10.6. The highest BCUT2D eigenvalue weighted by atomic mass is 16.5. The quantitative estimate of drug-likeness (QED) is 0.528. The van der Waals surface area contributed by atoms with Gasteiger partial charge in [0.15, 0.2) is 0 Å². The summed E-state index contributed by atoms with van der Waals surface area (Å²) in [4.78, 5) is 0. The van der Waals surface area contributed by atoms with Crippen molar-refractivity contribution in [3.05, 3.63) is 11.8 Å². The van der Waals surface area contributed by atoms with Gasteiger partial charge in [0.2, 0.25) is 0 Å². The summed E-state index contributed by atoms with van der Waals surface area (Å²) in [7, 11) is 2.13. The van der Waals surface area contributed by atoms with Crippen LogP contribution < -0.4 is 5.32 Å². The molecule has 1 N–H and O–H groups in total. The molecule has 0 amide bonds. The summed E-state index contributed by atoms with van der Waals surface area (Å²) in [6, 6.07) is 0. The maximum Gasteiger partial charge on any atom is 0.0522 e. The van der Waals surface area contributed by atoms with Gasteiger partial charge < -0.3 is 10.1 Å². The highest BCUT2D eigenvalue weighted by molar-refractivity contribution is 5.16. The highest BCUT2D eigenvalue weighted by Crippen LogP contribution is 2.66. The van der Waals surface area contributed by atoms with Gasteiger partial charge in [0.25, 0.3) is 0 Å². The van der Waals surface area contributed by atoms with Crippen LogP contribution in [0.5, 0.6) is 0 Å². The summed E-state index contributed by atoms with van der Waals surface area (Å²) >= 11 is 0. The summed E-state index contributed by atoms with van der Waals surface area (Å²) in [6.45, 7) is 11.3.